The van der Waals surface area contributed by atoms with Gasteiger partial charge in [0.25, 0.3) is 0 Å². The number of amides is 1. The third kappa shape index (κ3) is 5.99. The number of hydrogen-bond acceptors (Lipinski definition) is 8. The van der Waals surface area contributed by atoms with E-state index in [2.05, 4.69) is 45.5 Å². The van der Waals surface area contributed by atoms with Gasteiger partial charge >= 0.3 is 12.1 Å². The van der Waals surface area contributed by atoms with Crippen molar-refractivity contribution in [1.29, 1.82) is 5.26 Å². The minimum atomic E-state index is -1.02. The molecule has 208 valence electrons. The molecule has 0 spiro atoms. The van der Waals surface area contributed by atoms with E-state index in [9.17, 15) is 19.6 Å². The van der Waals surface area contributed by atoms with Gasteiger partial charge in [0.1, 0.15) is 18.2 Å². The Morgan fingerprint density at radius 2 is 2.05 bits per heavy atom. The molecule has 2 atom stereocenters. The number of carbonyl (C=O) groups is 1. The van der Waals surface area contributed by atoms with Crippen molar-refractivity contribution in [1.82, 2.24) is 19.8 Å². The summed E-state index contributed by atoms with van der Waals surface area (Å²) in [5, 5.41) is 19.0. The number of benzene rings is 1. The number of rotatable bonds is 6. The summed E-state index contributed by atoms with van der Waals surface area (Å²) in [5.41, 5.74) is 2.35. The number of para-hydroxylation sites is 1. The van der Waals surface area contributed by atoms with E-state index in [0.717, 1.165) is 46.5 Å². The first kappa shape index (κ1) is 27.6. The summed E-state index contributed by atoms with van der Waals surface area (Å²) in [7, 11) is 2.09. The van der Waals surface area contributed by atoms with Crippen LogP contribution >= 0.6 is 22.6 Å². The molecule has 0 aliphatic carbocycles. The third-order valence-corrected chi connectivity index (χ3v) is 8.80. The molecule has 1 N–H and O–H groups in total. The van der Waals surface area contributed by atoms with Gasteiger partial charge in [0, 0.05) is 41.4 Å². The molecule has 1 aromatic carbocycles. The molecule has 3 aliphatic heterocycles. The van der Waals surface area contributed by atoms with Crippen LogP contribution in [0.5, 0.6) is 6.01 Å². The number of likely N-dealkylation sites (N-methyl/N-ethyl adjacent to an activating group) is 1. The van der Waals surface area contributed by atoms with Crippen LogP contribution < -0.4 is 14.5 Å². The Morgan fingerprint density at radius 1 is 1.21 bits per heavy atom. The lowest BCUT2D eigenvalue weighted by atomic mass is 10.1. The summed E-state index contributed by atoms with van der Waals surface area (Å²) in [4.78, 5) is 29.2. The first-order chi connectivity index (χ1) is 18.9. The first-order valence-electron chi connectivity index (χ1n) is 13.4. The van der Waals surface area contributed by atoms with Crippen molar-refractivity contribution in [3.63, 3.8) is 0 Å². The summed E-state index contributed by atoms with van der Waals surface area (Å²) in [6.07, 6.45) is 2.77. The normalized spacial score (nSPS) is 21.8. The van der Waals surface area contributed by atoms with Gasteiger partial charge in [-0.1, -0.05) is 6.07 Å². The van der Waals surface area contributed by atoms with E-state index in [-0.39, 0.29) is 24.8 Å². The topological polar surface area (TPSA) is 109 Å². The Kier molecular flexibility index (Phi) is 8.56. The molecule has 2 fully saturated rings. The Balaban J connectivity index is 1.49. The van der Waals surface area contributed by atoms with Gasteiger partial charge in [-0.2, -0.15) is 15.2 Å². The van der Waals surface area contributed by atoms with Gasteiger partial charge in [-0.15, -0.1) is 0 Å². The Morgan fingerprint density at radius 3 is 2.77 bits per heavy atom. The van der Waals surface area contributed by atoms with E-state index in [1.807, 2.05) is 11.0 Å². The Labute approximate surface area is 241 Å². The summed E-state index contributed by atoms with van der Waals surface area (Å²) in [6, 6.07) is 7.36. The molecule has 0 saturated carbocycles. The van der Waals surface area contributed by atoms with Crippen LogP contribution in [0.25, 0.3) is 0 Å². The molecule has 2 saturated heterocycles. The number of fused-ring (bicyclic) bond motifs is 1. The van der Waals surface area contributed by atoms with E-state index in [1.165, 1.54) is 11.0 Å². The van der Waals surface area contributed by atoms with Gasteiger partial charge < -0.3 is 29.4 Å². The quantitative estimate of drug-likeness (QED) is 0.469. The van der Waals surface area contributed by atoms with E-state index in [4.69, 9.17) is 14.7 Å². The molecule has 10 nitrogen and oxygen atoms in total. The number of nitrogens with zero attached hydrogens (tertiary/aromatic N) is 7. The molecule has 12 heteroatoms. The summed E-state index contributed by atoms with van der Waals surface area (Å²) in [6.45, 7) is 3.70. The lowest BCUT2D eigenvalue weighted by Gasteiger charge is -2.40. The monoisotopic (exact) mass is 649 g/mol. The van der Waals surface area contributed by atoms with E-state index < -0.39 is 12.1 Å². The first-order valence-corrected chi connectivity index (χ1v) is 14.5. The average Bonchev–Trinajstić information content (AvgIpc) is 3.20. The van der Waals surface area contributed by atoms with Crippen molar-refractivity contribution in [3.8, 4) is 12.1 Å². The summed E-state index contributed by atoms with van der Waals surface area (Å²) >= 11 is 2.17. The summed E-state index contributed by atoms with van der Waals surface area (Å²) in [5.74, 6) is 0.470. The van der Waals surface area contributed by atoms with Gasteiger partial charge in [-0.05, 0) is 74.0 Å². The predicted octanol–water partition coefficient (Wildman–Crippen LogP) is 3.73. The summed E-state index contributed by atoms with van der Waals surface area (Å²) < 4.78 is 22.0. The maximum absolute atomic E-state index is 14.9. The molecule has 1 aromatic heterocycles. The van der Waals surface area contributed by atoms with Crippen LogP contribution in [0.2, 0.25) is 0 Å². The standard InChI is InChI=1S/C27H33FIN7O3/c1-33-11-3-5-19(33)17-39-26-31-23-16-34(24-21(28)7-2-8-22(24)29)12-4-6-20(23)25(32-26)35-13-14-36(27(37)38)18(15-35)9-10-30/h2,7-8,18-19H,3-6,9,11-17H2,1H3,(H,37,38)/t18-,19-/m0/s1. The number of aromatic nitrogens is 2. The second-order valence-electron chi connectivity index (χ2n) is 10.4. The number of carboxylic acid groups (broad SMARTS) is 1. The van der Waals surface area contributed by atoms with Gasteiger partial charge in [-0.25, -0.2) is 9.18 Å². The zero-order valence-corrected chi connectivity index (χ0v) is 24.2. The fourth-order valence-electron chi connectivity index (χ4n) is 5.84. The average molecular weight is 650 g/mol. The highest BCUT2D eigenvalue weighted by Crippen LogP contribution is 2.34. The van der Waals surface area contributed by atoms with Gasteiger partial charge in [0.2, 0.25) is 0 Å². The number of likely N-dealkylation sites (tertiary alicyclic amines) is 1. The van der Waals surface area contributed by atoms with Crippen LogP contribution in [0.1, 0.15) is 36.9 Å². The van der Waals surface area contributed by atoms with Crippen molar-refractivity contribution in [2.75, 3.05) is 56.2 Å². The van der Waals surface area contributed by atoms with Gasteiger partial charge in [0.05, 0.1) is 36.5 Å². The molecule has 0 unspecified atom stereocenters. The molecule has 0 radical (unpaired) electrons. The predicted molar refractivity (Wildman–Crippen MR) is 153 cm³/mol. The number of piperazine rings is 1. The zero-order valence-electron chi connectivity index (χ0n) is 22.0. The van der Waals surface area contributed by atoms with Crippen molar-refractivity contribution < 1.29 is 19.0 Å². The molecule has 0 bridgehead atoms. The smallest absolute Gasteiger partial charge is 0.407 e. The van der Waals surface area contributed by atoms with E-state index in [1.54, 1.807) is 6.07 Å². The maximum Gasteiger partial charge on any atom is 0.407 e. The minimum absolute atomic E-state index is 0.104. The van der Waals surface area contributed by atoms with Crippen molar-refractivity contribution >= 4 is 40.2 Å². The number of halogens is 2. The molecule has 5 rings (SSSR count). The highest BCUT2D eigenvalue weighted by Gasteiger charge is 2.34. The minimum Gasteiger partial charge on any atom is -0.465 e. The molecule has 2 aromatic rings. The molecular formula is C27H33FIN7O3. The fraction of sp³-hybridized carbons (Fsp3) is 0.556. The highest BCUT2D eigenvalue weighted by atomic mass is 127. The van der Waals surface area contributed by atoms with Crippen molar-refractivity contribution in [2.45, 2.75) is 50.7 Å². The van der Waals surface area contributed by atoms with E-state index in [0.29, 0.717) is 50.9 Å². The largest absolute Gasteiger partial charge is 0.465 e. The lowest BCUT2D eigenvalue weighted by molar-refractivity contribution is 0.119. The van der Waals surface area contributed by atoms with Crippen LogP contribution in [0.4, 0.5) is 20.7 Å². The van der Waals surface area contributed by atoms with Gasteiger partial charge in [0.15, 0.2) is 0 Å². The Bertz CT molecular complexity index is 1240. The van der Waals surface area contributed by atoms with Crippen molar-refractivity contribution in [3.05, 3.63) is 38.8 Å². The number of ether oxygens (including phenoxy) is 1. The maximum atomic E-state index is 14.9. The molecule has 39 heavy (non-hydrogen) atoms. The van der Waals surface area contributed by atoms with Crippen molar-refractivity contribution in [2.24, 2.45) is 0 Å². The second-order valence-corrected chi connectivity index (χ2v) is 11.5. The van der Waals surface area contributed by atoms with Gasteiger partial charge in [-0.3, -0.25) is 0 Å². The number of hydrogen-bond donors (Lipinski definition) is 1. The number of anilines is 2. The van der Waals surface area contributed by atoms with Crippen LogP contribution in [-0.4, -0.2) is 89.4 Å². The SMILES string of the molecule is CN1CCC[C@H]1COc1nc2c(c(N3CCN(C(=O)O)[C@@H](CC#N)C3)n1)CCCN(c1c(F)cccc1I)C2. The molecule has 3 aliphatic rings. The van der Waals surface area contributed by atoms with Crippen LogP contribution in [0.3, 0.4) is 0 Å². The van der Waals surface area contributed by atoms with Crippen LogP contribution in [-0.2, 0) is 13.0 Å². The van der Waals surface area contributed by atoms with Crippen LogP contribution in [0, 0.1) is 20.7 Å². The number of nitriles is 1. The zero-order chi connectivity index (χ0) is 27.5. The van der Waals surface area contributed by atoms with E-state index >= 15 is 0 Å². The molecule has 1 amide bonds. The second kappa shape index (κ2) is 12.1. The molecule has 4 heterocycles. The highest BCUT2D eigenvalue weighted by molar-refractivity contribution is 14.1. The lowest BCUT2D eigenvalue weighted by Crippen LogP contribution is -2.55. The fourth-order valence-corrected chi connectivity index (χ4v) is 6.64. The third-order valence-electron chi connectivity index (χ3n) is 7.93. The van der Waals surface area contributed by atoms with Crippen LogP contribution in [0.15, 0.2) is 18.2 Å². The molecular weight excluding hydrogens is 616 g/mol. The Hall–Kier alpha value is -2.92.